The van der Waals surface area contributed by atoms with Crippen molar-refractivity contribution in [2.24, 2.45) is 4.99 Å². The number of hydrogen-bond donors (Lipinski definition) is 0. The molecule has 116 valence electrons. The molecule has 0 saturated carbocycles. The molecule has 0 fully saturated rings. The lowest BCUT2D eigenvalue weighted by Gasteiger charge is -2.11. The maximum Gasteiger partial charge on any atom is 0.280 e. The largest absolute Gasteiger partial charge is 0.752 e. The molecule has 0 saturated heterocycles. The minimum Gasteiger partial charge on any atom is -0.752 e. The van der Waals surface area contributed by atoms with Gasteiger partial charge in [-0.3, -0.25) is 4.99 Å². The number of aliphatic imine (C=N–C) groups is 1. The lowest BCUT2D eigenvalue weighted by atomic mass is 10.2. The van der Waals surface area contributed by atoms with E-state index < -0.39 is 0 Å². The third kappa shape index (κ3) is 3.66. The van der Waals surface area contributed by atoms with Gasteiger partial charge in [0.15, 0.2) is 0 Å². The lowest BCUT2D eigenvalue weighted by Crippen LogP contribution is -2.40. The summed E-state index contributed by atoms with van der Waals surface area (Å²) < 4.78 is 4.30. The molecule has 0 bridgehead atoms. The van der Waals surface area contributed by atoms with Crippen LogP contribution in [0.25, 0.3) is 0 Å². The highest BCUT2D eigenvalue weighted by Crippen LogP contribution is 2.12. The molecule has 0 spiro atoms. The molecule has 0 aliphatic carbocycles. The highest BCUT2D eigenvalue weighted by molar-refractivity contribution is 7.78. The van der Waals surface area contributed by atoms with Gasteiger partial charge in [-0.1, -0.05) is 48.5 Å². The first-order valence-corrected chi connectivity index (χ1v) is 8.12. The first kappa shape index (κ1) is 15.4. The van der Waals surface area contributed by atoms with Gasteiger partial charge in [-0.15, -0.1) is 0 Å². The summed E-state index contributed by atoms with van der Waals surface area (Å²) in [6, 6.07) is 20.2. The zero-order valence-corrected chi connectivity index (χ0v) is 13.9. The number of aromatic nitrogens is 2. The Labute approximate surface area is 142 Å². The molecule has 3 nitrogen and oxygen atoms in total. The molecular weight excluding hydrogens is 302 g/mol. The van der Waals surface area contributed by atoms with E-state index in [2.05, 4.69) is 57.7 Å². The number of hydrogen-bond acceptors (Lipinski definition) is 2. The van der Waals surface area contributed by atoms with Gasteiger partial charge in [-0.05, 0) is 24.6 Å². The average molecular weight is 321 g/mol. The molecule has 0 aliphatic rings. The molecule has 0 radical (unpaired) electrons. The molecule has 0 unspecified atom stereocenters. The second-order valence-electron chi connectivity index (χ2n) is 5.27. The Morgan fingerprint density at radius 3 is 2.35 bits per heavy atom. The summed E-state index contributed by atoms with van der Waals surface area (Å²) in [6.07, 6.45) is 4.13. The zero-order valence-electron chi connectivity index (χ0n) is 13.1. The summed E-state index contributed by atoms with van der Waals surface area (Å²) in [7, 11) is 0. The van der Waals surface area contributed by atoms with Crippen LogP contribution in [0.1, 0.15) is 18.3 Å². The third-order valence-electron chi connectivity index (χ3n) is 3.69. The smallest absolute Gasteiger partial charge is 0.280 e. The van der Waals surface area contributed by atoms with Crippen LogP contribution in [0.4, 0.5) is 5.69 Å². The number of para-hydroxylation sites is 1. The Kier molecular flexibility index (Phi) is 4.83. The average Bonchev–Trinajstić information content (AvgIpc) is 2.99. The lowest BCUT2D eigenvalue weighted by molar-refractivity contribution is -0.688. The van der Waals surface area contributed by atoms with Crippen LogP contribution in [0.5, 0.6) is 0 Å². The van der Waals surface area contributed by atoms with E-state index in [1.807, 2.05) is 36.4 Å². The standard InChI is InChI=1S/C19H19N3S/c1-2-21-13-14-22(15-16-9-5-3-6-10-16)19(21)18(23)20-17-11-7-4-8-12-17/h3-14H,2,15H2,1H3. The van der Waals surface area contributed by atoms with Crippen molar-refractivity contribution in [3.63, 3.8) is 0 Å². The summed E-state index contributed by atoms with van der Waals surface area (Å²) in [5, 5.41) is 0.610. The molecule has 3 aromatic rings. The van der Waals surface area contributed by atoms with Crippen LogP contribution in [-0.2, 0) is 25.7 Å². The second-order valence-corrected chi connectivity index (χ2v) is 5.66. The number of nitrogens with zero attached hydrogens (tertiary/aromatic N) is 3. The van der Waals surface area contributed by atoms with Crippen LogP contribution in [-0.4, -0.2) is 9.61 Å². The Morgan fingerprint density at radius 1 is 1.04 bits per heavy atom. The minimum absolute atomic E-state index is 0.610. The van der Waals surface area contributed by atoms with E-state index in [4.69, 9.17) is 12.6 Å². The maximum atomic E-state index is 5.61. The highest BCUT2D eigenvalue weighted by atomic mass is 32.1. The van der Waals surface area contributed by atoms with Crippen LogP contribution in [0, 0.1) is 0 Å². The van der Waals surface area contributed by atoms with Crippen molar-refractivity contribution in [1.82, 2.24) is 4.57 Å². The van der Waals surface area contributed by atoms with Crippen molar-refractivity contribution in [2.45, 2.75) is 20.0 Å². The van der Waals surface area contributed by atoms with Crippen molar-refractivity contribution in [3.05, 3.63) is 84.4 Å². The number of imidazole rings is 1. The Hall–Kier alpha value is -2.46. The van der Waals surface area contributed by atoms with E-state index in [-0.39, 0.29) is 0 Å². The fourth-order valence-electron chi connectivity index (χ4n) is 2.55. The topological polar surface area (TPSA) is 21.2 Å². The second kappa shape index (κ2) is 7.20. The summed E-state index contributed by atoms with van der Waals surface area (Å²) >= 11 is 5.61. The van der Waals surface area contributed by atoms with Crippen LogP contribution < -0.4 is 4.57 Å². The van der Waals surface area contributed by atoms with Crippen molar-refractivity contribution in [2.75, 3.05) is 0 Å². The Bertz CT molecular complexity index is 792. The molecule has 0 N–H and O–H groups in total. The molecule has 0 atom stereocenters. The first-order valence-electron chi connectivity index (χ1n) is 7.71. The zero-order chi connectivity index (χ0) is 16.1. The number of benzene rings is 2. The molecular formula is C19H19N3S. The van der Waals surface area contributed by atoms with Crippen LogP contribution in [0.3, 0.4) is 0 Å². The van der Waals surface area contributed by atoms with E-state index in [1.54, 1.807) is 0 Å². The van der Waals surface area contributed by atoms with Crippen LogP contribution in [0.15, 0.2) is 78.0 Å². The molecule has 4 heteroatoms. The predicted octanol–water partition coefficient (Wildman–Crippen LogP) is 3.47. The molecule has 23 heavy (non-hydrogen) atoms. The summed E-state index contributed by atoms with van der Waals surface area (Å²) in [4.78, 5) is 4.60. The van der Waals surface area contributed by atoms with Crippen LogP contribution in [0.2, 0.25) is 0 Å². The van der Waals surface area contributed by atoms with E-state index in [0.717, 1.165) is 24.6 Å². The Balaban J connectivity index is 1.97. The Morgan fingerprint density at radius 2 is 1.70 bits per heavy atom. The van der Waals surface area contributed by atoms with E-state index >= 15 is 0 Å². The van der Waals surface area contributed by atoms with Crippen molar-refractivity contribution >= 4 is 23.4 Å². The maximum absolute atomic E-state index is 5.61. The van der Waals surface area contributed by atoms with Gasteiger partial charge in [-0.25, -0.2) is 9.13 Å². The van der Waals surface area contributed by atoms with E-state index in [9.17, 15) is 0 Å². The summed E-state index contributed by atoms with van der Waals surface area (Å²) in [5.74, 6) is 0.968. The molecule has 0 amide bonds. The summed E-state index contributed by atoms with van der Waals surface area (Å²) in [5.41, 5.74) is 2.13. The van der Waals surface area contributed by atoms with Gasteiger partial charge in [0.1, 0.15) is 18.9 Å². The van der Waals surface area contributed by atoms with Crippen LogP contribution >= 0.6 is 0 Å². The predicted molar refractivity (Wildman–Crippen MR) is 95.8 cm³/mol. The third-order valence-corrected chi connectivity index (χ3v) is 3.96. The number of rotatable bonds is 5. The SMILES string of the molecule is CCn1cc[n+](Cc2ccccc2)c1C([S-])=Nc1ccccc1. The fourth-order valence-corrected chi connectivity index (χ4v) is 2.89. The molecule has 1 heterocycles. The van der Waals surface area contributed by atoms with Crippen molar-refractivity contribution in [1.29, 1.82) is 0 Å². The summed E-state index contributed by atoms with van der Waals surface area (Å²) in [6.45, 7) is 3.76. The van der Waals surface area contributed by atoms with Gasteiger partial charge in [0.25, 0.3) is 5.82 Å². The van der Waals surface area contributed by atoms with E-state index in [1.165, 1.54) is 5.56 Å². The van der Waals surface area contributed by atoms with Gasteiger partial charge < -0.3 is 12.6 Å². The van der Waals surface area contributed by atoms with E-state index in [0.29, 0.717) is 5.04 Å². The van der Waals surface area contributed by atoms with Gasteiger partial charge in [0.05, 0.1) is 12.2 Å². The van der Waals surface area contributed by atoms with Gasteiger partial charge >= 0.3 is 0 Å². The van der Waals surface area contributed by atoms with Crippen molar-refractivity contribution in [3.8, 4) is 0 Å². The van der Waals surface area contributed by atoms with Gasteiger partial charge in [0, 0.05) is 5.04 Å². The normalized spacial score (nSPS) is 11.6. The quantitative estimate of drug-likeness (QED) is 0.305. The molecule has 2 aromatic carbocycles. The first-order chi connectivity index (χ1) is 11.3. The highest BCUT2D eigenvalue weighted by Gasteiger charge is 2.15. The van der Waals surface area contributed by atoms with Crippen molar-refractivity contribution < 1.29 is 4.57 Å². The minimum atomic E-state index is 0.610. The van der Waals surface area contributed by atoms with Gasteiger partial charge in [-0.2, -0.15) is 0 Å². The van der Waals surface area contributed by atoms with Gasteiger partial charge in [0.2, 0.25) is 0 Å². The molecule has 3 rings (SSSR count). The molecule has 1 aromatic heterocycles. The monoisotopic (exact) mass is 321 g/mol. The molecule has 0 aliphatic heterocycles. The number of aryl methyl sites for hydroxylation is 1. The fraction of sp³-hybridized carbons (Fsp3) is 0.158.